The molecule has 1 aliphatic rings. The Morgan fingerprint density at radius 3 is 3.08 bits per heavy atom. The molecule has 66 valence electrons. The monoisotopic (exact) mass is 164 g/mol. The Labute approximate surface area is 74.5 Å². The van der Waals surface area contributed by atoms with Crippen molar-refractivity contribution in [2.45, 2.75) is 38.5 Å². The zero-order valence-electron chi connectivity index (χ0n) is 7.47. The minimum Gasteiger partial charge on any atom is -0.395 e. The van der Waals surface area contributed by atoms with Gasteiger partial charge in [0.2, 0.25) is 0 Å². The zero-order valence-corrected chi connectivity index (χ0v) is 7.47. The van der Waals surface area contributed by atoms with Gasteiger partial charge in [-0.25, -0.2) is 0 Å². The highest BCUT2D eigenvalue weighted by Crippen LogP contribution is 2.15. The average molecular weight is 164 g/mol. The highest BCUT2D eigenvalue weighted by atomic mass is 16.2. The van der Waals surface area contributed by atoms with Crippen molar-refractivity contribution in [1.82, 2.24) is 0 Å². The summed E-state index contributed by atoms with van der Waals surface area (Å²) in [7, 11) is 0. The Morgan fingerprint density at radius 2 is 2.25 bits per heavy atom. The zero-order chi connectivity index (χ0) is 8.65. The third-order valence-electron chi connectivity index (χ3n) is 2.03. The number of allylic oxidation sites excluding steroid dienone is 2. The van der Waals surface area contributed by atoms with Gasteiger partial charge in [-0.1, -0.05) is 24.3 Å². The minimum absolute atomic E-state index is 0.181. The molecule has 0 atom stereocenters. The molecule has 1 N–H and O–H groups in total. The molecule has 0 heterocycles. The Morgan fingerprint density at radius 1 is 1.33 bits per heavy atom. The number of hydrogen-bond acceptors (Lipinski definition) is 1. The molecular weight excluding hydrogens is 148 g/mol. The van der Waals surface area contributed by atoms with Crippen LogP contribution in [0, 0.1) is 11.8 Å². The summed E-state index contributed by atoms with van der Waals surface area (Å²) in [6.45, 7) is 0.181. The summed E-state index contributed by atoms with van der Waals surface area (Å²) < 4.78 is 0. The van der Waals surface area contributed by atoms with Crippen LogP contribution in [0.1, 0.15) is 38.5 Å². The minimum atomic E-state index is 0.181. The van der Waals surface area contributed by atoms with Gasteiger partial charge < -0.3 is 5.11 Å². The van der Waals surface area contributed by atoms with Crippen LogP contribution in [-0.4, -0.2) is 11.7 Å². The van der Waals surface area contributed by atoms with E-state index in [0.29, 0.717) is 6.42 Å². The lowest BCUT2D eigenvalue weighted by atomic mass is 10.1. The molecule has 12 heavy (non-hydrogen) atoms. The Bertz CT molecular complexity index is 205. The molecule has 0 saturated carbocycles. The van der Waals surface area contributed by atoms with E-state index in [1.54, 1.807) is 0 Å². The number of aliphatic hydroxyl groups is 1. The lowest BCUT2D eigenvalue weighted by Gasteiger charge is -1.92. The van der Waals surface area contributed by atoms with Crippen molar-refractivity contribution in [2.75, 3.05) is 6.61 Å². The molecule has 0 saturated heterocycles. The third-order valence-corrected chi connectivity index (χ3v) is 2.03. The molecular formula is C11H16O. The molecule has 1 rings (SSSR count). The molecule has 0 aromatic rings. The average Bonchev–Trinajstić information content (AvgIpc) is 2.33. The lowest BCUT2D eigenvalue weighted by Crippen LogP contribution is -1.79. The summed E-state index contributed by atoms with van der Waals surface area (Å²) in [4.78, 5) is 0. The van der Waals surface area contributed by atoms with E-state index in [-0.39, 0.29) is 6.61 Å². The first-order valence-electron chi connectivity index (χ1n) is 4.72. The first-order valence-corrected chi connectivity index (χ1v) is 4.72. The van der Waals surface area contributed by atoms with Crippen LogP contribution in [0.25, 0.3) is 0 Å². The largest absolute Gasteiger partial charge is 0.395 e. The van der Waals surface area contributed by atoms with Crippen LogP contribution in [0.15, 0.2) is 11.6 Å². The Balaban J connectivity index is 2.39. The normalized spacial score (nSPS) is 17.2. The summed E-state index contributed by atoms with van der Waals surface area (Å²) in [5.41, 5.74) is 1.28. The van der Waals surface area contributed by atoms with Gasteiger partial charge in [-0.05, 0) is 31.3 Å². The lowest BCUT2D eigenvalue weighted by molar-refractivity contribution is 0.305. The molecule has 0 bridgehead atoms. The maximum Gasteiger partial charge on any atom is 0.0540 e. The predicted octanol–water partition coefficient (Wildman–Crippen LogP) is 2.26. The predicted molar refractivity (Wildman–Crippen MR) is 50.6 cm³/mol. The van der Waals surface area contributed by atoms with Crippen molar-refractivity contribution in [2.24, 2.45) is 0 Å². The van der Waals surface area contributed by atoms with E-state index >= 15 is 0 Å². The quantitative estimate of drug-likeness (QED) is 0.589. The fourth-order valence-corrected chi connectivity index (χ4v) is 1.36. The SMILES string of the molecule is OCCC#CC1=CCCCCC1. The first-order chi connectivity index (χ1) is 5.93. The standard InChI is InChI=1S/C11H16O/c12-10-6-5-9-11-7-3-1-2-4-8-11/h7,12H,1-4,6,8,10H2. The maximum absolute atomic E-state index is 8.53. The van der Waals surface area contributed by atoms with Crippen LogP contribution in [0.4, 0.5) is 0 Å². The fraction of sp³-hybridized carbons (Fsp3) is 0.636. The summed E-state index contributed by atoms with van der Waals surface area (Å²) >= 11 is 0. The van der Waals surface area contributed by atoms with Gasteiger partial charge in [0.15, 0.2) is 0 Å². The van der Waals surface area contributed by atoms with Gasteiger partial charge in [-0.3, -0.25) is 0 Å². The molecule has 0 radical (unpaired) electrons. The second kappa shape index (κ2) is 5.85. The molecule has 0 aromatic heterocycles. The highest BCUT2D eigenvalue weighted by molar-refractivity contribution is 5.28. The van der Waals surface area contributed by atoms with Crippen molar-refractivity contribution in [3.05, 3.63) is 11.6 Å². The van der Waals surface area contributed by atoms with Crippen LogP contribution >= 0.6 is 0 Å². The number of hydrogen-bond donors (Lipinski definition) is 1. The third kappa shape index (κ3) is 3.59. The molecule has 1 nitrogen and oxygen atoms in total. The molecule has 0 amide bonds. The van der Waals surface area contributed by atoms with Crippen molar-refractivity contribution in [3.63, 3.8) is 0 Å². The maximum atomic E-state index is 8.53. The number of aliphatic hydroxyl groups excluding tert-OH is 1. The van der Waals surface area contributed by atoms with Gasteiger partial charge in [0.1, 0.15) is 0 Å². The molecule has 0 aliphatic heterocycles. The van der Waals surface area contributed by atoms with E-state index in [1.807, 2.05) is 0 Å². The number of rotatable bonds is 1. The Hall–Kier alpha value is -0.740. The van der Waals surface area contributed by atoms with E-state index < -0.39 is 0 Å². The van der Waals surface area contributed by atoms with Crippen LogP contribution in [0.5, 0.6) is 0 Å². The fourth-order valence-electron chi connectivity index (χ4n) is 1.36. The molecule has 1 heteroatoms. The highest BCUT2D eigenvalue weighted by Gasteiger charge is 1.98. The topological polar surface area (TPSA) is 20.2 Å². The molecule has 0 aromatic carbocycles. The van der Waals surface area contributed by atoms with E-state index in [2.05, 4.69) is 17.9 Å². The second-order valence-corrected chi connectivity index (χ2v) is 3.10. The van der Waals surface area contributed by atoms with Gasteiger partial charge in [0.05, 0.1) is 6.61 Å². The molecule has 0 unspecified atom stereocenters. The molecule has 0 fully saturated rings. The van der Waals surface area contributed by atoms with Gasteiger partial charge in [0, 0.05) is 6.42 Å². The van der Waals surface area contributed by atoms with Crippen LogP contribution in [0.2, 0.25) is 0 Å². The van der Waals surface area contributed by atoms with Crippen molar-refractivity contribution in [3.8, 4) is 11.8 Å². The van der Waals surface area contributed by atoms with Gasteiger partial charge in [-0.2, -0.15) is 0 Å². The summed E-state index contributed by atoms with van der Waals surface area (Å²) in [5.74, 6) is 6.08. The van der Waals surface area contributed by atoms with E-state index in [0.717, 1.165) is 6.42 Å². The van der Waals surface area contributed by atoms with Gasteiger partial charge in [0.25, 0.3) is 0 Å². The van der Waals surface area contributed by atoms with Crippen molar-refractivity contribution in [1.29, 1.82) is 0 Å². The van der Waals surface area contributed by atoms with E-state index in [4.69, 9.17) is 5.11 Å². The molecule has 0 spiro atoms. The summed E-state index contributed by atoms with van der Waals surface area (Å²) in [6.07, 6.45) is 9.10. The summed E-state index contributed by atoms with van der Waals surface area (Å²) in [5, 5.41) is 8.53. The second-order valence-electron chi connectivity index (χ2n) is 3.10. The van der Waals surface area contributed by atoms with Crippen LogP contribution in [-0.2, 0) is 0 Å². The van der Waals surface area contributed by atoms with Gasteiger partial charge >= 0.3 is 0 Å². The van der Waals surface area contributed by atoms with Crippen molar-refractivity contribution < 1.29 is 5.11 Å². The van der Waals surface area contributed by atoms with E-state index in [1.165, 1.54) is 31.3 Å². The van der Waals surface area contributed by atoms with E-state index in [9.17, 15) is 0 Å². The van der Waals surface area contributed by atoms with Crippen molar-refractivity contribution >= 4 is 0 Å². The van der Waals surface area contributed by atoms with Gasteiger partial charge in [-0.15, -0.1) is 0 Å². The van der Waals surface area contributed by atoms with Crippen LogP contribution < -0.4 is 0 Å². The smallest absolute Gasteiger partial charge is 0.0540 e. The molecule has 1 aliphatic carbocycles. The first kappa shape index (κ1) is 9.35. The van der Waals surface area contributed by atoms with Crippen LogP contribution in [0.3, 0.4) is 0 Å². The Kier molecular flexibility index (Phi) is 4.56. The summed E-state index contributed by atoms with van der Waals surface area (Å²) in [6, 6.07) is 0.